The molecule has 1 aliphatic rings. The van der Waals surface area contributed by atoms with Crippen molar-refractivity contribution < 1.29 is 9.53 Å². The van der Waals surface area contributed by atoms with Crippen LogP contribution in [0.3, 0.4) is 0 Å². The van der Waals surface area contributed by atoms with Gasteiger partial charge >= 0.3 is 0 Å². The third-order valence-electron chi connectivity index (χ3n) is 3.96. The van der Waals surface area contributed by atoms with Crippen LogP contribution in [0.5, 0.6) is 5.75 Å². The summed E-state index contributed by atoms with van der Waals surface area (Å²) in [6, 6.07) is 5.72. The van der Waals surface area contributed by atoms with Gasteiger partial charge in [-0.1, -0.05) is 11.3 Å². The van der Waals surface area contributed by atoms with Crippen molar-refractivity contribution >= 4 is 45.0 Å². The smallest absolute Gasteiger partial charge is 0.233 e. The number of amides is 1. The van der Waals surface area contributed by atoms with Crippen LogP contribution in [0.25, 0.3) is 10.2 Å². The number of nitrogens with zero attached hydrogens (tertiary/aromatic N) is 1. The van der Waals surface area contributed by atoms with Crippen molar-refractivity contribution in [3.05, 3.63) is 18.2 Å². The average molecular weight is 342 g/mol. The fourth-order valence-corrected chi connectivity index (χ4v) is 3.47. The van der Waals surface area contributed by atoms with Gasteiger partial charge in [0.05, 0.1) is 22.7 Å². The molecule has 3 rings (SSSR count). The average Bonchev–Trinajstić information content (AvgIpc) is 2.89. The number of hydrogen-bond donors (Lipinski definition) is 2. The molecule has 2 N–H and O–H groups in total. The number of anilines is 1. The van der Waals surface area contributed by atoms with Crippen molar-refractivity contribution in [2.24, 2.45) is 5.41 Å². The van der Waals surface area contributed by atoms with Crippen molar-refractivity contribution in [3.63, 3.8) is 0 Å². The predicted octanol–water partition coefficient (Wildman–Crippen LogP) is 3.05. The summed E-state index contributed by atoms with van der Waals surface area (Å²) in [7, 11) is 1.64. The van der Waals surface area contributed by atoms with Crippen LogP contribution < -0.4 is 15.4 Å². The largest absolute Gasteiger partial charge is 0.497 e. The Balaban J connectivity index is 0.00000176. The summed E-state index contributed by atoms with van der Waals surface area (Å²) in [6.45, 7) is 3.71. The second kappa shape index (κ2) is 6.81. The molecule has 2 heterocycles. The molecule has 0 bridgehead atoms. The summed E-state index contributed by atoms with van der Waals surface area (Å²) in [5.41, 5.74) is 0.524. The van der Waals surface area contributed by atoms with Crippen LogP contribution in [0.15, 0.2) is 18.2 Å². The fourth-order valence-electron chi connectivity index (χ4n) is 2.58. The van der Waals surface area contributed by atoms with Gasteiger partial charge in [0.15, 0.2) is 5.13 Å². The van der Waals surface area contributed by atoms with Gasteiger partial charge in [-0.3, -0.25) is 4.79 Å². The summed E-state index contributed by atoms with van der Waals surface area (Å²) in [5, 5.41) is 6.90. The Bertz CT molecular complexity index is 668. The number of aromatic nitrogens is 1. The maximum atomic E-state index is 12.5. The normalized spacial score (nSPS) is 21.2. The second-order valence-corrected chi connectivity index (χ2v) is 6.68. The van der Waals surface area contributed by atoms with E-state index >= 15 is 0 Å². The van der Waals surface area contributed by atoms with Gasteiger partial charge in [0, 0.05) is 6.54 Å². The number of carbonyl (C=O) groups is 1. The molecule has 1 aromatic heterocycles. The lowest BCUT2D eigenvalue weighted by Crippen LogP contribution is -2.46. The quantitative estimate of drug-likeness (QED) is 0.900. The minimum Gasteiger partial charge on any atom is -0.497 e. The molecule has 0 saturated carbocycles. The van der Waals surface area contributed by atoms with Crippen molar-refractivity contribution in [1.29, 1.82) is 0 Å². The van der Waals surface area contributed by atoms with E-state index in [1.165, 1.54) is 11.3 Å². The maximum absolute atomic E-state index is 12.5. The molecule has 120 valence electrons. The van der Waals surface area contributed by atoms with Crippen LogP contribution >= 0.6 is 23.7 Å². The van der Waals surface area contributed by atoms with Gasteiger partial charge in [0.2, 0.25) is 5.91 Å². The molecule has 0 spiro atoms. The summed E-state index contributed by atoms with van der Waals surface area (Å²) in [6.07, 6.45) is 1.94. The number of benzene rings is 1. The molecule has 2 aromatic rings. The summed E-state index contributed by atoms with van der Waals surface area (Å²) in [5.74, 6) is 0.841. The Hall–Kier alpha value is -1.37. The molecule has 1 aliphatic heterocycles. The molecule has 1 atom stereocenters. The maximum Gasteiger partial charge on any atom is 0.233 e. The first-order valence-corrected chi connectivity index (χ1v) is 7.89. The van der Waals surface area contributed by atoms with Crippen molar-refractivity contribution in [2.75, 3.05) is 25.5 Å². The molecule has 0 aliphatic carbocycles. The van der Waals surface area contributed by atoms with Crippen LogP contribution in [-0.2, 0) is 4.79 Å². The Morgan fingerprint density at radius 3 is 3.00 bits per heavy atom. The standard InChI is InChI=1S/C15H19N3O2S.ClH/c1-15(6-3-7-16-9-15)13(19)18-14-17-11-5-4-10(20-2)8-12(11)21-14;/h4-5,8,16H,3,6-7,9H2,1-2H3,(H,17,18,19);1H. The highest BCUT2D eigenvalue weighted by Crippen LogP contribution is 2.32. The zero-order chi connectivity index (χ0) is 14.9. The lowest BCUT2D eigenvalue weighted by molar-refractivity contribution is -0.125. The molecule has 1 aromatic carbocycles. The number of methoxy groups -OCH3 is 1. The molecule has 7 heteroatoms. The SMILES string of the molecule is COc1ccc2nc(NC(=O)C3(C)CCCNC3)sc2c1.Cl. The third-order valence-corrected chi connectivity index (χ3v) is 4.90. The summed E-state index contributed by atoms with van der Waals surface area (Å²) in [4.78, 5) is 16.9. The molecule has 1 saturated heterocycles. The van der Waals surface area contributed by atoms with Gasteiger partial charge in [-0.25, -0.2) is 4.98 Å². The van der Waals surface area contributed by atoms with Crippen LogP contribution in [-0.4, -0.2) is 31.1 Å². The van der Waals surface area contributed by atoms with E-state index in [1.807, 2.05) is 25.1 Å². The van der Waals surface area contributed by atoms with E-state index in [0.717, 1.165) is 41.9 Å². The Morgan fingerprint density at radius 2 is 2.32 bits per heavy atom. The molecular weight excluding hydrogens is 322 g/mol. The van der Waals surface area contributed by atoms with Crippen LogP contribution in [0, 0.1) is 5.41 Å². The van der Waals surface area contributed by atoms with E-state index in [4.69, 9.17) is 4.74 Å². The van der Waals surface area contributed by atoms with Gasteiger partial charge < -0.3 is 15.4 Å². The van der Waals surface area contributed by atoms with E-state index < -0.39 is 0 Å². The number of carbonyl (C=O) groups excluding carboxylic acids is 1. The van der Waals surface area contributed by atoms with Gasteiger partial charge in [0.25, 0.3) is 0 Å². The molecule has 1 unspecified atom stereocenters. The Morgan fingerprint density at radius 1 is 1.50 bits per heavy atom. The monoisotopic (exact) mass is 341 g/mol. The van der Waals surface area contributed by atoms with Crippen LogP contribution in [0.1, 0.15) is 19.8 Å². The highest BCUT2D eigenvalue weighted by atomic mass is 35.5. The first-order valence-electron chi connectivity index (χ1n) is 7.07. The van der Waals surface area contributed by atoms with Crippen LogP contribution in [0.4, 0.5) is 5.13 Å². The second-order valence-electron chi connectivity index (χ2n) is 5.65. The number of hydrogen-bond acceptors (Lipinski definition) is 5. The molecule has 1 amide bonds. The number of halogens is 1. The Labute approximate surface area is 139 Å². The predicted molar refractivity (Wildman–Crippen MR) is 92.3 cm³/mol. The summed E-state index contributed by atoms with van der Waals surface area (Å²) < 4.78 is 6.22. The topological polar surface area (TPSA) is 63.2 Å². The molecule has 22 heavy (non-hydrogen) atoms. The minimum absolute atomic E-state index is 0. The minimum atomic E-state index is -0.353. The zero-order valence-corrected chi connectivity index (χ0v) is 14.3. The van der Waals surface area contributed by atoms with Crippen molar-refractivity contribution in [1.82, 2.24) is 10.3 Å². The number of thiazole rings is 1. The number of ether oxygens (including phenoxy) is 1. The Kier molecular flexibility index (Phi) is 5.26. The number of piperidine rings is 1. The fraction of sp³-hybridized carbons (Fsp3) is 0.467. The number of rotatable bonds is 3. The number of nitrogens with one attached hydrogen (secondary N) is 2. The first-order chi connectivity index (χ1) is 10.1. The van der Waals surface area contributed by atoms with E-state index in [9.17, 15) is 4.79 Å². The van der Waals surface area contributed by atoms with E-state index in [1.54, 1.807) is 7.11 Å². The van der Waals surface area contributed by atoms with Gasteiger partial charge in [0.1, 0.15) is 5.75 Å². The van der Waals surface area contributed by atoms with Gasteiger partial charge in [-0.15, -0.1) is 12.4 Å². The van der Waals surface area contributed by atoms with E-state index in [2.05, 4.69) is 15.6 Å². The van der Waals surface area contributed by atoms with E-state index in [-0.39, 0.29) is 23.7 Å². The highest BCUT2D eigenvalue weighted by molar-refractivity contribution is 7.22. The van der Waals surface area contributed by atoms with E-state index in [0.29, 0.717) is 5.13 Å². The first kappa shape index (κ1) is 17.0. The number of fused-ring (bicyclic) bond motifs is 1. The molecular formula is C15H20ClN3O2S. The summed E-state index contributed by atoms with van der Waals surface area (Å²) >= 11 is 1.47. The molecule has 0 radical (unpaired) electrons. The van der Waals surface area contributed by atoms with Crippen molar-refractivity contribution in [3.8, 4) is 5.75 Å². The lowest BCUT2D eigenvalue weighted by atomic mass is 9.82. The molecule has 5 nitrogen and oxygen atoms in total. The third kappa shape index (κ3) is 3.34. The highest BCUT2D eigenvalue weighted by Gasteiger charge is 2.35. The van der Waals surface area contributed by atoms with Crippen molar-refractivity contribution in [2.45, 2.75) is 19.8 Å². The van der Waals surface area contributed by atoms with Gasteiger partial charge in [-0.05, 0) is 44.5 Å². The molecule has 1 fully saturated rings. The van der Waals surface area contributed by atoms with Gasteiger partial charge in [-0.2, -0.15) is 0 Å². The lowest BCUT2D eigenvalue weighted by Gasteiger charge is -2.32. The zero-order valence-electron chi connectivity index (χ0n) is 12.6. The van der Waals surface area contributed by atoms with Crippen LogP contribution in [0.2, 0.25) is 0 Å².